The first kappa shape index (κ1) is 13.8. The van der Waals surface area contributed by atoms with Gasteiger partial charge in [0, 0.05) is 19.7 Å². The molecule has 1 atom stereocenters. The van der Waals surface area contributed by atoms with Gasteiger partial charge in [0.15, 0.2) is 18.2 Å². The van der Waals surface area contributed by atoms with Crippen molar-refractivity contribution in [3.05, 3.63) is 30.1 Å². The zero-order valence-electron chi connectivity index (χ0n) is 10.7. The number of aliphatic hydroxyl groups excluding tert-OH is 1. The number of halogens is 1. The highest BCUT2D eigenvalue weighted by atomic mass is 19.1. The highest BCUT2D eigenvalue weighted by Gasteiger charge is 2.23. The van der Waals surface area contributed by atoms with Crippen molar-refractivity contribution in [2.75, 3.05) is 26.3 Å². The van der Waals surface area contributed by atoms with Gasteiger partial charge in [-0.3, -0.25) is 4.79 Å². The monoisotopic (exact) mass is 267 g/mol. The molecule has 1 fully saturated rings. The van der Waals surface area contributed by atoms with Gasteiger partial charge in [-0.05, 0) is 30.9 Å². The summed E-state index contributed by atoms with van der Waals surface area (Å²) in [6.45, 7) is 1.16. The summed E-state index contributed by atoms with van der Waals surface area (Å²) in [7, 11) is 0. The van der Waals surface area contributed by atoms with Crippen molar-refractivity contribution in [1.29, 1.82) is 0 Å². The number of ether oxygens (including phenoxy) is 1. The molecule has 1 aliphatic rings. The molecule has 1 aromatic rings. The second kappa shape index (κ2) is 6.52. The van der Waals surface area contributed by atoms with Gasteiger partial charge in [-0.15, -0.1) is 0 Å². The Kier molecular flexibility index (Phi) is 4.74. The Morgan fingerprint density at radius 3 is 3.00 bits per heavy atom. The van der Waals surface area contributed by atoms with Crippen LogP contribution < -0.4 is 4.74 Å². The summed E-state index contributed by atoms with van der Waals surface area (Å²) in [5, 5.41) is 9.12. The van der Waals surface area contributed by atoms with E-state index in [4.69, 9.17) is 9.84 Å². The Morgan fingerprint density at radius 2 is 2.26 bits per heavy atom. The predicted molar refractivity (Wildman–Crippen MR) is 68.3 cm³/mol. The molecule has 1 heterocycles. The van der Waals surface area contributed by atoms with Crippen LogP contribution in [-0.2, 0) is 4.79 Å². The minimum absolute atomic E-state index is 0.0894. The second-order valence-corrected chi connectivity index (χ2v) is 4.75. The lowest BCUT2D eigenvalue weighted by Crippen LogP contribution is -2.43. The molecule has 1 aromatic carbocycles. The van der Waals surface area contributed by atoms with Gasteiger partial charge < -0.3 is 14.7 Å². The Hall–Kier alpha value is -1.62. The van der Waals surface area contributed by atoms with Crippen LogP contribution in [0.4, 0.5) is 4.39 Å². The molecule has 1 aliphatic heterocycles. The Labute approximate surface area is 111 Å². The fourth-order valence-electron chi connectivity index (χ4n) is 2.23. The number of aliphatic hydroxyl groups is 1. The zero-order chi connectivity index (χ0) is 13.7. The van der Waals surface area contributed by atoms with E-state index in [0.717, 1.165) is 12.8 Å². The van der Waals surface area contributed by atoms with E-state index in [1.807, 2.05) is 0 Å². The summed E-state index contributed by atoms with van der Waals surface area (Å²) in [4.78, 5) is 13.6. The van der Waals surface area contributed by atoms with Crippen molar-refractivity contribution in [2.45, 2.75) is 12.8 Å². The van der Waals surface area contributed by atoms with Crippen molar-refractivity contribution in [2.24, 2.45) is 5.92 Å². The lowest BCUT2D eigenvalue weighted by atomic mass is 9.99. The van der Waals surface area contributed by atoms with Gasteiger partial charge >= 0.3 is 0 Å². The van der Waals surface area contributed by atoms with E-state index in [-0.39, 0.29) is 30.8 Å². The Morgan fingerprint density at radius 1 is 1.47 bits per heavy atom. The van der Waals surface area contributed by atoms with Crippen LogP contribution in [0.15, 0.2) is 24.3 Å². The third-order valence-corrected chi connectivity index (χ3v) is 3.32. The van der Waals surface area contributed by atoms with Gasteiger partial charge in [-0.2, -0.15) is 0 Å². The molecule has 0 radical (unpaired) electrons. The van der Waals surface area contributed by atoms with Crippen LogP contribution in [0.3, 0.4) is 0 Å². The van der Waals surface area contributed by atoms with Crippen molar-refractivity contribution < 1.29 is 19.0 Å². The number of amides is 1. The molecule has 1 saturated heterocycles. The SMILES string of the molecule is O=C(COc1ccccc1F)N1CCCC(CO)C1. The molecule has 19 heavy (non-hydrogen) atoms. The maximum absolute atomic E-state index is 13.3. The first-order valence-corrected chi connectivity index (χ1v) is 6.46. The van der Waals surface area contributed by atoms with Gasteiger partial charge in [-0.25, -0.2) is 4.39 Å². The van der Waals surface area contributed by atoms with Crippen molar-refractivity contribution in [3.63, 3.8) is 0 Å². The average molecular weight is 267 g/mol. The fraction of sp³-hybridized carbons (Fsp3) is 0.500. The summed E-state index contributed by atoms with van der Waals surface area (Å²) in [5.74, 6) is -0.402. The van der Waals surface area contributed by atoms with Crippen LogP contribution in [0.5, 0.6) is 5.75 Å². The van der Waals surface area contributed by atoms with Crippen molar-refractivity contribution in [3.8, 4) is 5.75 Å². The first-order valence-electron chi connectivity index (χ1n) is 6.46. The highest BCUT2D eigenvalue weighted by molar-refractivity contribution is 5.77. The predicted octanol–water partition coefficient (Wildman–Crippen LogP) is 1.44. The zero-order valence-corrected chi connectivity index (χ0v) is 10.7. The normalized spacial score (nSPS) is 19.3. The Balaban J connectivity index is 1.86. The minimum Gasteiger partial charge on any atom is -0.481 e. The number of piperidine rings is 1. The van der Waals surface area contributed by atoms with Crippen molar-refractivity contribution >= 4 is 5.91 Å². The molecule has 0 aromatic heterocycles. The number of benzene rings is 1. The molecule has 0 saturated carbocycles. The van der Waals surface area contributed by atoms with E-state index < -0.39 is 5.82 Å². The minimum atomic E-state index is -0.470. The maximum atomic E-state index is 13.3. The molecule has 0 bridgehead atoms. The molecule has 0 spiro atoms. The van der Waals surface area contributed by atoms with E-state index >= 15 is 0 Å². The van der Waals surface area contributed by atoms with E-state index in [9.17, 15) is 9.18 Å². The molecule has 0 aliphatic carbocycles. The largest absolute Gasteiger partial charge is 0.481 e. The molecule has 2 rings (SSSR count). The van der Waals surface area contributed by atoms with E-state index in [0.29, 0.717) is 13.1 Å². The van der Waals surface area contributed by atoms with Gasteiger partial charge in [0.2, 0.25) is 0 Å². The molecular formula is C14H18FNO3. The maximum Gasteiger partial charge on any atom is 0.260 e. The number of hydrogen-bond acceptors (Lipinski definition) is 3. The quantitative estimate of drug-likeness (QED) is 0.898. The summed E-state index contributed by atoms with van der Waals surface area (Å²) < 4.78 is 18.5. The molecule has 4 nitrogen and oxygen atoms in total. The standard InChI is InChI=1S/C14H18FNO3/c15-12-5-1-2-6-13(12)19-10-14(18)16-7-3-4-11(8-16)9-17/h1-2,5-6,11,17H,3-4,7-10H2. The molecule has 1 amide bonds. The van der Waals surface area contributed by atoms with Crippen LogP contribution in [0.25, 0.3) is 0 Å². The molecule has 1 unspecified atom stereocenters. The average Bonchev–Trinajstić information content (AvgIpc) is 2.46. The van der Waals surface area contributed by atoms with Gasteiger partial charge in [0.05, 0.1) is 0 Å². The van der Waals surface area contributed by atoms with Gasteiger partial charge in [0.25, 0.3) is 5.91 Å². The van der Waals surface area contributed by atoms with Crippen LogP contribution in [-0.4, -0.2) is 42.2 Å². The number of hydrogen-bond donors (Lipinski definition) is 1. The van der Waals surface area contributed by atoms with Gasteiger partial charge in [0.1, 0.15) is 0 Å². The summed E-state index contributed by atoms with van der Waals surface area (Å²) in [5.41, 5.74) is 0. The highest BCUT2D eigenvalue weighted by Crippen LogP contribution is 2.18. The van der Waals surface area contributed by atoms with E-state index in [1.165, 1.54) is 12.1 Å². The number of carbonyl (C=O) groups excluding carboxylic acids is 1. The lowest BCUT2D eigenvalue weighted by Gasteiger charge is -2.31. The Bertz CT molecular complexity index is 438. The third kappa shape index (κ3) is 3.67. The summed E-state index contributed by atoms with van der Waals surface area (Å²) >= 11 is 0. The van der Waals surface area contributed by atoms with Crippen molar-refractivity contribution in [1.82, 2.24) is 4.90 Å². The number of nitrogens with zero attached hydrogens (tertiary/aromatic N) is 1. The molecule has 1 N–H and O–H groups in total. The first-order chi connectivity index (χ1) is 9.20. The van der Waals surface area contributed by atoms with Crippen LogP contribution in [0, 0.1) is 11.7 Å². The van der Waals surface area contributed by atoms with Crippen LogP contribution in [0.2, 0.25) is 0 Å². The molecular weight excluding hydrogens is 249 g/mol. The topological polar surface area (TPSA) is 49.8 Å². The number of carbonyl (C=O) groups is 1. The number of likely N-dealkylation sites (tertiary alicyclic amines) is 1. The lowest BCUT2D eigenvalue weighted by molar-refractivity contribution is -0.135. The molecule has 104 valence electrons. The summed E-state index contributed by atoms with van der Waals surface area (Å²) in [6, 6.07) is 6.02. The van der Waals surface area contributed by atoms with Gasteiger partial charge in [-0.1, -0.05) is 12.1 Å². The van der Waals surface area contributed by atoms with E-state index in [2.05, 4.69) is 0 Å². The second-order valence-electron chi connectivity index (χ2n) is 4.75. The van der Waals surface area contributed by atoms with Crippen LogP contribution >= 0.6 is 0 Å². The van der Waals surface area contributed by atoms with Crippen LogP contribution in [0.1, 0.15) is 12.8 Å². The smallest absolute Gasteiger partial charge is 0.260 e. The third-order valence-electron chi connectivity index (χ3n) is 3.32. The molecule has 5 heteroatoms. The summed E-state index contributed by atoms with van der Waals surface area (Å²) in [6.07, 6.45) is 1.82. The number of rotatable bonds is 4. The number of para-hydroxylation sites is 1. The fourth-order valence-corrected chi connectivity index (χ4v) is 2.23. The van der Waals surface area contributed by atoms with E-state index in [1.54, 1.807) is 17.0 Å².